The van der Waals surface area contributed by atoms with Crippen LogP contribution in [0.1, 0.15) is 8.35 Å². The van der Waals surface area contributed by atoms with Crippen molar-refractivity contribution in [1.29, 1.82) is 0 Å². The average molecular weight is 148 g/mol. The molecule has 3 heteroatoms. The van der Waals surface area contributed by atoms with Gasteiger partial charge in [-0.3, -0.25) is 0 Å². The van der Waals surface area contributed by atoms with Gasteiger partial charge in [0.1, 0.15) is 0 Å². The molecule has 2 nitrogen and oxygen atoms in total. The molecular weight excluding hydrogens is 135 g/mol. The Balaban J connectivity index is -0.0000000483. The van der Waals surface area contributed by atoms with E-state index in [0.717, 1.165) is 0 Å². The van der Waals surface area contributed by atoms with E-state index in [-0.39, 0.29) is 25.9 Å². The molecule has 0 unspecified atom stereocenters. The Kier molecular flexibility index (Phi) is 18.2. The molecule has 1 N–H and O–H groups in total. The number of aliphatic carboxylic acids is 1. The monoisotopic (exact) mass is 148 g/mol. The van der Waals surface area contributed by atoms with Crippen LogP contribution in [-0.2, 0) is 4.79 Å². The van der Waals surface area contributed by atoms with Crippen LogP contribution in [0.5, 0.6) is 0 Å². The predicted molar refractivity (Wildman–Crippen MR) is 44.0 cm³/mol. The van der Waals surface area contributed by atoms with Gasteiger partial charge in [-0.1, -0.05) is 31.9 Å². The zero-order valence-electron chi connectivity index (χ0n) is 8.13. The number of hydrogen-bond acceptors (Lipinski definition) is 1. The first-order valence-corrected chi connectivity index (χ1v) is 2.68. The second-order valence-electron chi connectivity index (χ2n) is 1.56. The zero-order chi connectivity index (χ0) is 8.57. The van der Waals surface area contributed by atoms with E-state index in [4.69, 9.17) is 5.11 Å². The van der Waals surface area contributed by atoms with Gasteiger partial charge < -0.3 is 6.53 Å². The zero-order valence-corrected chi connectivity index (χ0v) is 7.13. The smallest absolute Gasteiger partial charge is 1.00 e. The normalized spacial score (nSPS) is 5.91. The maximum Gasteiger partial charge on any atom is 1.00 e. The Morgan fingerprint density at radius 1 is 1.45 bits per heavy atom. The van der Waals surface area contributed by atoms with Crippen LogP contribution >= 0.6 is 0 Å². The van der Waals surface area contributed by atoms with Crippen molar-refractivity contribution in [2.75, 3.05) is 0 Å². The van der Waals surface area contributed by atoms with Gasteiger partial charge in [0.2, 0.25) is 0 Å². The predicted octanol–water partition coefficient (Wildman–Crippen LogP) is -0.878. The van der Waals surface area contributed by atoms with Crippen molar-refractivity contribution in [1.82, 2.24) is 0 Å². The van der Waals surface area contributed by atoms with E-state index in [0.29, 0.717) is 0 Å². The number of rotatable bonds is 2. The minimum Gasteiger partial charge on any atom is -1.00 e. The summed E-state index contributed by atoms with van der Waals surface area (Å²) in [7, 11) is 0. The maximum absolute atomic E-state index is 9.60. The molecule has 11 heavy (non-hydrogen) atoms. The molecule has 0 fully saturated rings. The first-order chi connectivity index (χ1) is 4.56. The van der Waals surface area contributed by atoms with Gasteiger partial charge >= 0.3 is 24.8 Å². The summed E-state index contributed by atoms with van der Waals surface area (Å²) in [5, 5.41) is 7.89. The Hall–Kier alpha value is -0.713. The van der Waals surface area contributed by atoms with E-state index in [1.807, 2.05) is 0 Å². The molecule has 0 aromatic rings. The molecule has 0 atom stereocenters. The fourth-order valence-corrected chi connectivity index (χ4v) is 0. The van der Waals surface area contributed by atoms with Crippen molar-refractivity contribution in [3.05, 3.63) is 37.5 Å². The third kappa shape index (κ3) is 26.8. The molecule has 58 valence electrons. The van der Waals surface area contributed by atoms with E-state index in [2.05, 4.69) is 19.7 Å². The van der Waals surface area contributed by atoms with Crippen molar-refractivity contribution in [3.8, 4) is 0 Å². The van der Waals surface area contributed by atoms with Crippen LogP contribution in [0.4, 0.5) is 0 Å². The van der Waals surface area contributed by atoms with Gasteiger partial charge in [-0.05, 0) is 6.92 Å². The van der Waals surface area contributed by atoms with Gasteiger partial charge in [-0.2, -0.15) is 0 Å². The van der Waals surface area contributed by atoms with E-state index in [9.17, 15) is 4.79 Å². The van der Waals surface area contributed by atoms with Crippen LogP contribution in [0.2, 0.25) is 0 Å². The van der Waals surface area contributed by atoms with Gasteiger partial charge in [0.25, 0.3) is 0 Å². The standard InChI is InChI=1S/C4H6O2.C4H6.Li.H/c1-3(2)4(5)6;1-3-4-2;;/h1H2,2H3,(H,5,6);3-4H,1-2H2;;/q;;+1;-1. The summed E-state index contributed by atoms with van der Waals surface area (Å²) in [6, 6.07) is 0. The average Bonchev–Trinajstić information content (AvgIpc) is 1.89. The van der Waals surface area contributed by atoms with Crippen molar-refractivity contribution >= 4 is 5.97 Å². The van der Waals surface area contributed by atoms with Crippen molar-refractivity contribution in [3.63, 3.8) is 0 Å². The van der Waals surface area contributed by atoms with Crippen LogP contribution in [0.3, 0.4) is 0 Å². The SMILES string of the molecule is C=C(C)C(=O)O.C=CC=C.[H-].[Li+]. The molecule has 0 aliphatic carbocycles. The molecule has 0 radical (unpaired) electrons. The molecule has 0 spiro atoms. The molecule has 0 saturated carbocycles. The van der Waals surface area contributed by atoms with Gasteiger partial charge in [0.15, 0.2) is 0 Å². The molecule has 0 saturated heterocycles. The Bertz CT molecular complexity index is 137. The quantitative estimate of drug-likeness (QED) is 0.314. The first-order valence-electron chi connectivity index (χ1n) is 2.68. The number of carbonyl (C=O) groups is 1. The molecule has 0 aromatic heterocycles. The number of carboxylic acid groups (broad SMARTS) is 1. The molecule has 0 bridgehead atoms. The van der Waals surface area contributed by atoms with Crippen LogP contribution in [0.15, 0.2) is 37.5 Å². The summed E-state index contributed by atoms with van der Waals surface area (Å²) in [5.41, 5.74) is 0.176. The third-order valence-electron chi connectivity index (χ3n) is 0.532. The Morgan fingerprint density at radius 3 is 1.64 bits per heavy atom. The Morgan fingerprint density at radius 2 is 1.64 bits per heavy atom. The molecule has 0 aliphatic heterocycles. The summed E-state index contributed by atoms with van der Waals surface area (Å²) < 4.78 is 0. The van der Waals surface area contributed by atoms with Crippen LogP contribution in [0, 0.1) is 0 Å². The first kappa shape index (κ1) is 16.7. The number of hydrogen-bond donors (Lipinski definition) is 1. The second-order valence-corrected chi connectivity index (χ2v) is 1.56. The number of allylic oxidation sites excluding steroid dienone is 2. The van der Waals surface area contributed by atoms with Crippen LogP contribution < -0.4 is 18.9 Å². The van der Waals surface area contributed by atoms with E-state index < -0.39 is 5.97 Å². The van der Waals surface area contributed by atoms with E-state index >= 15 is 0 Å². The summed E-state index contributed by atoms with van der Waals surface area (Å²) >= 11 is 0. The fourth-order valence-electron chi connectivity index (χ4n) is 0. The molecule has 0 amide bonds. The molecule has 0 heterocycles. The molecule has 0 aliphatic rings. The summed E-state index contributed by atoms with van der Waals surface area (Å²) in [6.07, 6.45) is 3.28. The summed E-state index contributed by atoms with van der Waals surface area (Å²) in [5.74, 6) is -0.935. The van der Waals surface area contributed by atoms with E-state index in [1.165, 1.54) is 6.92 Å². The fraction of sp³-hybridized carbons (Fsp3) is 0.125. The Labute approximate surface area is 81.0 Å². The second kappa shape index (κ2) is 12.0. The minimum absolute atomic E-state index is 0. The topological polar surface area (TPSA) is 37.3 Å². The summed E-state index contributed by atoms with van der Waals surface area (Å²) in [4.78, 5) is 9.60. The third-order valence-corrected chi connectivity index (χ3v) is 0.532. The van der Waals surface area contributed by atoms with Crippen molar-refractivity contribution < 1.29 is 30.2 Å². The van der Waals surface area contributed by atoms with Gasteiger partial charge in [-0.15, -0.1) is 0 Å². The largest absolute Gasteiger partial charge is 1.00 e. The van der Waals surface area contributed by atoms with Crippen molar-refractivity contribution in [2.45, 2.75) is 6.92 Å². The summed E-state index contributed by atoms with van der Waals surface area (Å²) in [6.45, 7) is 11.3. The van der Waals surface area contributed by atoms with Gasteiger partial charge in [0, 0.05) is 5.57 Å². The minimum atomic E-state index is -0.935. The van der Waals surface area contributed by atoms with Gasteiger partial charge in [-0.25, -0.2) is 4.79 Å². The van der Waals surface area contributed by atoms with Crippen LogP contribution in [-0.4, -0.2) is 11.1 Å². The van der Waals surface area contributed by atoms with Crippen LogP contribution in [0.25, 0.3) is 0 Å². The molecule has 0 rings (SSSR count). The van der Waals surface area contributed by atoms with E-state index in [1.54, 1.807) is 12.2 Å². The number of carboxylic acids is 1. The van der Waals surface area contributed by atoms with Gasteiger partial charge in [0.05, 0.1) is 0 Å². The molecular formula is C8H13LiO2. The molecule has 0 aromatic carbocycles. The van der Waals surface area contributed by atoms with Crippen molar-refractivity contribution in [2.24, 2.45) is 0 Å². The maximum atomic E-state index is 9.60.